The minimum absolute atomic E-state index is 0.00522. The van der Waals surface area contributed by atoms with Crippen LogP contribution < -0.4 is 5.32 Å². The number of nitrogens with one attached hydrogen (secondary N) is 1. The summed E-state index contributed by atoms with van der Waals surface area (Å²) in [5, 5.41) is 2.78. The molecule has 4 aliphatic rings. The topological polar surface area (TPSA) is 135 Å². The Bertz CT molecular complexity index is 1390. The Morgan fingerprint density at radius 1 is 0.918 bits per heavy atom. The van der Waals surface area contributed by atoms with Crippen LogP contribution in [0.4, 0.5) is 0 Å². The zero-order chi connectivity index (χ0) is 36.7. The Morgan fingerprint density at radius 2 is 1.53 bits per heavy atom. The van der Waals surface area contributed by atoms with Gasteiger partial charge in [0.15, 0.2) is 15.6 Å². The van der Waals surface area contributed by atoms with Crippen LogP contribution in [-0.4, -0.2) is 71.6 Å². The average molecular weight is 705 g/mol. The zero-order valence-corrected chi connectivity index (χ0v) is 32.6. The number of piperidine rings is 1. The molecule has 3 saturated carbocycles. The fourth-order valence-electron chi connectivity index (χ4n) is 8.67. The fourth-order valence-corrected chi connectivity index (χ4v) is 10.3. The molecule has 49 heavy (non-hydrogen) atoms. The van der Waals surface area contributed by atoms with Crippen molar-refractivity contribution in [2.24, 2.45) is 39.9 Å². The van der Waals surface area contributed by atoms with Crippen LogP contribution >= 0.6 is 0 Å². The number of hydrogen-bond donors (Lipinski definition) is 1. The average Bonchev–Trinajstić information content (AvgIpc) is 3.83. The molecule has 10 heteroatoms. The smallest absolute Gasteiger partial charge is 0.287 e. The summed E-state index contributed by atoms with van der Waals surface area (Å²) < 4.78 is 25.8. The minimum atomic E-state index is -3.46. The molecule has 5 atom stereocenters. The molecule has 2 amide bonds. The SMILES string of the molecule is CCCCC(CC(=O)C1C2C(CN1C(=O)C(CC(=O)CC1(CS(=O)(=O)C(C)(C)C)CCCCC1)C(C)(C)C)C2(C)C)C(=O)C(=O)NC1CC1. The standard InChI is InChI=1S/C39H64N2O7S/c1-10-11-15-25(33(44)34(45)40-26-16-17-26)20-30(43)32-31-29(38(31,8)9)23-41(32)35(46)28(36(2,3)4)21-27(42)22-39(18-13-12-14-19-39)24-49(47,48)37(5,6)7/h25-26,28-29,31-32H,10-24H2,1-9H3,(H,40,45). The van der Waals surface area contributed by atoms with Crippen LogP contribution in [0.1, 0.15) is 146 Å². The zero-order valence-electron chi connectivity index (χ0n) is 31.8. The highest BCUT2D eigenvalue weighted by Gasteiger charge is 2.69. The van der Waals surface area contributed by atoms with Crippen LogP contribution in [0.3, 0.4) is 0 Å². The molecule has 0 aromatic carbocycles. The van der Waals surface area contributed by atoms with Gasteiger partial charge in [0, 0.05) is 43.7 Å². The number of hydrogen-bond acceptors (Lipinski definition) is 7. The first-order valence-electron chi connectivity index (χ1n) is 19.0. The number of carbonyl (C=O) groups is 5. The van der Waals surface area contributed by atoms with Crippen LogP contribution in [-0.2, 0) is 33.8 Å². The van der Waals surface area contributed by atoms with E-state index in [2.05, 4.69) is 19.2 Å². The maximum Gasteiger partial charge on any atom is 0.287 e. The van der Waals surface area contributed by atoms with Gasteiger partial charge in [0.25, 0.3) is 5.91 Å². The number of amides is 2. The van der Waals surface area contributed by atoms with Crippen molar-refractivity contribution in [1.82, 2.24) is 10.2 Å². The van der Waals surface area contributed by atoms with Gasteiger partial charge in [-0.2, -0.15) is 0 Å². The number of nitrogens with zero attached hydrogens (tertiary/aromatic N) is 1. The Hall–Kier alpha value is -2.10. The van der Waals surface area contributed by atoms with Crippen LogP contribution in [0.2, 0.25) is 0 Å². The molecular formula is C39H64N2O7S. The molecule has 1 aliphatic heterocycles. The fraction of sp³-hybridized carbons (Fsp3) is 0.872. The van der Waals surface area contributed by atoms with Gasteiger partial charge in [-0.25, -0.2) is 8.42 Å². The summed E-state index contributed by atoms with van der Waals surface area (Å²) in [6.07, 6.45) is 7.93. The Kier molecular flexibility index (Phi) is 11.7. The number of rotatable bonds is 16. The molecule has 0 radical (unpaired) electrons. The van der Waals surface area contributed by atoms with E-state index in [0.29, 0.717) is 25.8 Å². The van der Waals surface area contributed by atoms with Crippen molar-refractivity contribution in [2.45, 2.75) is 163 Å². The number of unbranched alkanes of at least 4 members (excludes halogenated alkanes) is 1. The summed E-state index contributed by atoms with van der Waals surface area (Å²) >= 11 is 0. The lowest BCUT2D eigenvalue weighted by Gasteiger charge is -2.40. The second-order valence-corrected chi connectivity index (χ2v) is 21.5. The van der Waals surface area contributed by atoms with Gasteiger partial charge in [-0.1, -0.05) is 73.6 Å². The molecule has 1 N–H and O–H groups in total. The Balaban J connectivity index is 1.54. The minimum Gasteiger partial charge on any atom is -0.347 e. The van der Waals surface area contributed by atoms with Gasteiger partial charge in [0.05, 0.1) is 16.5 Å². The molecular weight excluding hydrogens is 641 g/mol. The highest BCUT2D eigenvalue weighted by molar-refractivity contribution is 7.92. The van der Waals surface area contributed by atoms with Crippen molar-refractivity contribution < 1.29 is 32.4 Å². The van der Waals surface area contributed by atoms with E-state index in [1.165, 1.54) is 0 Å². The molecule has 0 bridgehead atoms. The van der Waals surface area contributed by atoms with Crippen molar-refractivity contribution in [3.8, 4) is 0 Å². The molecule has 4 fully saturated rings. The highest BCUT2D eigenvalue weighted by atomic mass is 32.2. The van der Waals surface area contributed by atoms with E-state index >= 15 is 0 Å². The van der Waals surface area contributed by atoms with E-state index in [-0.39, 0.29) is 65.8 Å². The van der Waals surface area contributed by atoms with Crippen molar-refractivity contribution in [1.29, 1.82) is 0 Å². The van der Waals surface area contributed by atoms with E-state index in [1.54, 1.807) is 25.7 Å². The van der Waals surface area contributed by atoms with Crippen LogP contribution in [0, 0.1) is 39.9 Å². The Labute approximate surface area is 295 Å². The van der Waals surface area contributed by atoms with Crippen LogP contribution in [0.5, 0.6) is 0 Å². The second kappa shape index (κ2) is 14.5. The quantitative estimate of drug-likeness (QED) is 0.188. The van der Waals surface area contributed by atoms with E-state index < -0.39 is 55.0 Å². The maximum atomic E-state index is 14.6. The molecule has 4 rings (SSSR count). The predicted molar refractivity (Wildman–Crippen MR) is 191 cm³/mol. The number of Topliss-reactive ketones (excluding diaryl/α,β-unsaturated/α-hetero) is 3. The third-order valence-corrected chi connectivity index (χ3v) is 15.2. The summed E-state index contributed by atoms with van der Waals surface area (Å²) in [5.41, 5.74) is -1.33. The number of carbonyl (C=O) groups excluding carboxylic acids is 5. The third kappa shape index (κ3) is 9.04. The summed E-state index contributed by atoms with van der Waals surface area (Å²) in [6.45, 7) is 17.6. The lowest BCUT2D eigenvalue weighted by atomic mass is 9.70. The number of sulfone groups is 1. The van der Waals surface area contributed by atoms with Crippen molar-refractivity contribution >= 4 is 39.0 Å². The molecule has 5 unspecified atom stereocenters. The van der Waals surface area contributed by atoms with E-state index in [1.807, 2.05) is 27.7 Å². The van der Waals surface area contributed by atoms with Crippen LogP contribution in [0.25, 0.3) is 0 Å². The largest absolute Gasteiger partial charge is 0.347 e. The van der Waals surface area contributed by atoms with E-state index in [9.17, 15) is 32.4 Å². The highest BCUT2D eigenvalue weighted by Crippen LogP contribution is 2.65. The van der Waals surface area contributed by atoms with Gasteiger partial charge in [-0.15, -0.1) is 0 Å². The first-order valence-corrected chi connectivity index (χ1v) is 20.6. The summed E-state index contributed by atoms with van der Waals surface area (Å²) in [6, 6.07) is -0.652. The van der Waals surface area contributed by atoms with Gasteiger partial charge >= 0.3 is 0 Å². The number of likely N-dealkylation sites (tertiary alicyclic amines) is 1. The van der Waals surface area contributed by atoms with E-state index in [0.717, 1.165) is 44.9 Å². The summed E-state index contributed by atoms with van der Waals surface area (Å²) in [5.74, 6) is -2.96. The molecule has 1 saturated heterocycles. The van der Waals surface area contributed by atoms with Crippen molar-refractivity contribution in [3.63, 3.8) is 0 Å². The molecule has 0 aromatic heterocycles. The normalized spacial score (nSPS) is 26.0. The molecule has 3 aliphatic carbocycles. The third-order valence-electron chi connectivity index (χ3n) is 12.4. The van der Waals surface area contributed by atoms with Gasteiger partial charge < -0.3 is 10.2 Å². The van der Waals surface area contributed by atoms with Gasteiger partial charge in [-0.3, -0.25) is 24.0 Å². The van der Waals surface area contributed by atoms with Gasteiger partial charge in [0.1, 0.15) is 5.78 Å². The number of ketones is 3. The lowest BCUT2D eigenvalue weighted by Crippen LogP contribution is -2.51. The predicted octanol–water partition coefficient (Wildman–Crippen LogP) is 6.26. The van der Waals surface area contributed by atoms with Gasteiger partial charge in [0.2, 0.25) is 11.7 Å². The molecule has 278 valence electrons. The molecule has 0 spiro atoms. The monoisotopic (exact) mass is 704 g/mol. The first-order chi connectivity index (χ1) is 22.5. The molecule has 0 aromatic rings. The lowest BCUT2D eigenvalue weighted by molar-refractivity contribution is -0.148. The van der Waals surface area contributed by atoms with Gasteiger partial charge in [-0.05, 0) is 81.0 Å². The summed E-state index contributed by atoms with van der Waals surface area (Å²) in [4.78, 5) is 70.5. The second-order valence-electron chi connectivity index (χ2n) is 18.8. The van der Waals surface area contributed by atoms with Crippen molar-refractivity contribution in [3.05, 3.63) is 0 Å². The van der Waals surface area contributed by atoms with Crippen molar-refractivity contribution in [2.75, 3.05) is 12.3 Å². The molecule has 9 nitrogen and oxygen atoms in total. The Morgan fingerprint density at radius 3 is 2.06 bits per heavy atom. The maximum absolute atomic E-state index is 14.6. The van der Waals surface area contributed by atoms with Crippen LogP contribution in [0.15, 0.2) is 0 Å². The summed E-state index contributed by atoms with van der Waals surface area (Å²) in [7, 11) is -3.46. The first kappa shape index (κ1) is 39.7. The number of fused-ring (bicyclic) bond motifs is 1. The molecule has 1 heterocycles. The van der Waals surface area contributed by atoms with E-state index in [4.69, 9.17) is 0 Å².